The third kappa shape index (κ3) is 6.20. The monoisotopic (exact) mass is 293 g/mol. The van der Waals surface area contributed by atoms with Crippen molar-refractivity contribution in [2.24, 2.45) is 0 Å². The Morgan fingerprint density at radius 1 is 1.29 bits per heavy atom. The lowest BCUT2D eigenvalue weighted by Gasteiger charge is -2.15. The van der Waals surface area contributed by atoms with Crippen LogP contribution >= 0.6 is 0 Å². The molecule has 0 heterocycles. The van der Waals surface area contributed by atoms with Gasteiger partial charge >= 0.3 is 5.97 Å². The van der Waals surface area contributed by atoms with Gasteiger partial charge in [-0.15, -0.1) is 0 Å². The molecule has 1 aromatic rings. The molecule has 6 nitrogen and oxygen atoms in total. The molecule has 1 atom stereocenters. The quantitative estimate of drug-likeness (QED) is 0.703. The third-order valence-electron chi connectivity index (χ3n) is 2.77. The highest BCUT2D eigenvalue weighted by Crippen LogP contribution is 2.06. The van der Waals surface area contributed by atoms with E-state index in [2.05, 4.69) is 5.32 Å². The Kier molecular flexibility index (Phi) is 7.14. The molecule has 0 aromatic heterocycles. The number of hydrogen-bond donors (Lipinski definition) is 2. The van der Waals surface area contributed by atoms with Crippen LogP contribution in [0.5, 0.6) is 0 Å². The van der Waals surface area contributed by atoms with Crippen LogP contribution in [0, 0.1) is 0 Å². The van der Waals surface area contributed by atoms with E-state index in [9.17, 15) is 9.59 Å². The lowest BCUT2D eigenvalue weighted by atomic mass is 10.1. The molecule has 2 N–H and O–H groups in total. The van der Waals surface area contributed by atoms with Crippen LogP contribution in [0.15, 0.2) is 30.3 Å². The van der Waals surface area contributed by atoms with Crippen LogP contribution in [0.4, 0.5) is 0 Å². The van der Waals surface area contributed by atoms with Crippen LogP contribution in [0.1, 0.15) is 15.9 Å². The van der Waals surface area contributed by atoms with Crippen molar-refractivity contribution in [3.63, 3.8) is 0 Å². The summed E-state index contributed by atoms with van der Waals surface area (Å²) < 4.78 is 10.1. The van der Waals surface area contributed by atoms with Gasteiger partial charge in [-0.25, -0.2) is 4.79 Å². The average Bonchev–Trinajstić information content (AvgIpc) is 2.49. The zero-order chi connectivity index (χ0) is 15.7. The first kappa shape index (κ1) is 16.9. The van der Waals surface area contributed by atoms with Crippen molar-refractivity contribution in [2.75, 3.05) is 27.4 Å². The average molecular weight is 293 g/mol. The Morgan fingerprint density at radius 2 is 1.95 bits per heavy atom. The summed E-state index contributed by atoms with van der Waals surface area (Å²) in [6, 6.07) is 6.62. The van der Waals surface area contributed by atoms with Crippen molar-refractivity contribution < 1.29 is 24.2 Å². The van der Waals surface area contributed by atoms with E-state index in [-0.39, 0.29) is 12.0 Å². The fourth-order valence-corrected chi connectivity index (χ4v) is 1.62. The second kappa shape index (κ2) is 8.89. The summed E-state index contributed by atoms with van der Waals surface area (Å²) in [5.74, 6) is -1.23. The highest BCUT2D eigenvalue weighted by Gasteiger charge is 2.10. The van der Waals surface area contributed by atoms with Gasteiger partial charge in [-0.3, -0.25) is 4.79 Å². The maximum Gasteiger partial charge on any atom is 0.328 e. The summed E-state index contributed by atoms with van der Waals surface area (Å²) in [6.45, 7) is 0.750. The van der Waals surface area contributed by atoms with Crippen LogP contribution in [0.2, 0.25) is 0 Å². The van der Waals surface area contributed by atoms with Gasteiger partial charge < -0.3 is 19.9 Å². The molecular formula is C15H19NO5. The van der Waals surface area contributed by atoms with Gasteiger partial charge in [-0.2, -0.15) is 0 Å². The summed E-state index contributed by atoms with van der Waals surface area (Å²) in [6.07, 6.45) is 2.31. The van der Waals surface area contributed by atoms with Crippen LogP contribution < -0.4 is 5.32 Å². The molecule has 1 unspecified atom stereocenters. The van der Waals surface area contributed by atoms with Crippen LogP contribution in [0.25, 0.3) is 6.08 Å². The van der Waals surface area contributed by atoms with Gasteiger partial charge in [0.1, 0.15) is 0 Å². The Balaban J connectivity index is 2.57. The van der Waals surface area contributed by atoms with Crippen LogP contribution in [-0.4, -0.2) is 50.5 Å². The van der Waals surface area contributed by atoms with E-state index in [1.54, 1.807) is 38.5 Å². The van der Waals surface area contributed by atoms with Crippen LogP contribution in [-0.2, 0) is 14.3 Å². The Labute approximate surface area is 123 Å². The SMILES string of the molecule is COCC(CNC(=O)c1ccc(/C=C/C(=O)O)cc1)OC. The number of carbonyl (C=O) groups excluding carboxylic acids is 1. The van der Waals surface area contributed by atoms with Crippen molar-refractivity contribution in [3.05, 3.63) is 41.5 Å². The maximum atomic E-state index is 11.9. The van der Waals surface area contributed by atoms with E-state index < -0.39 is 5.97 Å². The van der Waals surface area contributed by atoms with E-state index >= 15 is 0 Å². The van der Waals surface area contributed by atoms with Crippen molar-refractivity contribution in [1.29, 1.82) is 0 Å². The van der Waals surface area contributed by atoms with E-state index in [0.717, 1.165) is 6.08 Å². The van der Waals surface area contributed by atoms with Gasteiger partial charge in [-0.05, 0) is 23.8 Å². The molecule has 0 aliphatic heterocycles. The van der Waals surface area contributed by atoms with Crippen molar-refractivity contribution in [1.82, 2.24) is 5.32 Å². The van der Waals surface area contributed by atoms with Crippen molar-refractivity contribution in [3.8, 4) is 0 Å². The molecule has 0 saturated carbocycles. The molecule has 1 aromatic carbocycles. The lowest BCUT2D eigenvalue weighted by Crippen LogP contribution is -2.35. The normalized spacial score (nSPS) is 12.3. The summed E-state index contributed by atoms with van der Waals surface area (Å²) in [5, 5.41) is 11.3. The molecule has 0 saturated heterocycles. The summed E-state index contributed by atoms with van der Waals surface area (Å²) in [4.78, 5) is 22.3. The van der Waals surface area contributed by atoms with Gasteiger partial charge in [-0.1, -0.05) is 12.1 Å². The fourth-order valence-electron chi connectivity index (χ4n) is 1.62. The highest BCUT2D eigenvalue weighted by molar-refractivity contribution is 5.94. The Hall–Kier alpha value is -2.18. The molecule has 0 bridgehead atoms. The zero-order valence-electron chi connectivity index (χ0n) is 12.0. The van der Waals surface area contributed by atoms with Gasteiger partial charge in [0.25, 0.3) is 5.91 Å². The predicted octanol–water partition coefficient (Wildman–Crippen LogP) is 1.18. The third-order valence-corrected chi connectivity index (χ3v) is 2.77. The number of amides is 1. The van der Waals surface area contributed by atoms with E-state index in [0.29, 0.717) is 24.3 Å². The summed E-state index contributed by atoms with van der Waals surface area (Å²) in [7, 11) is 3.12. The minimum atomic E-state index is -1.01. The Morgan fingerprint density at radius 3 is 2.48 bits per heavy atom. The first-order chi connectivity index (χ1) is 10.1. The minimum absolute atomic E-state index is 0.197. The number of carboxylic acid groups (broad SMARTS) is 1. The number of benzene rings is 1. The Bertz CT molecular complexity index is 495. The molecule has 0 aliphatic rings. The van der Waals surface area contributed by atoms with Gasteiger partial charge in [0.15, 0.2) is 0 Å². The molecule has 0 spiro atoms. The summed E-state index contributed by atoms with van der Waals surface area (Å²) in [5.41, 5.74) is 1.21. The number of hydrogen-bond acceptors (Lipinski definition) is 4. The number of carbonyl (C=O) groups is 2. The number of rotatable bonds is 8. The second-order valence-corrected chi connectivity index (χ2v) is 4.32. The van der Waals surface area contributed by atoms with Crippen molar-refractivity contribution >= 4 is 18.0 Å². The first-order valence-corrected chi connectivity index (χ1v) is 6.37. The molecule has 0 aliphatic carbocycles. The molecule has 6 heteroatoms. The van der Waals surface area contributed by atoms with Gasteiger partial charge in [0.2, 0.25) is 0 Å². The second-order valence-electron chi connectivity index (χ2n) is 4.32. The molecule has 114 valence electrons. The fraction of sp³-hybridized carbons (Fsp3) is 0.333. The number of carboxylic acids is 1. The number of ether oxygens (including phenoxy) is 2. The molecule has 21 heavy (non-hydrogen) atoms. The maximum absolute atomic E-state index is 11.9. The summed E-state index contributed by atoms with van der Waals surface area (Å²) >= 11 is 0. The molecule has 1 rings (SSSR count). The van der Waals surface area contributed by atoms with Crippen LogP contribution in [0.3, 0.4) is 0 Å². The highest BCUT2D eigenvalue weighted by atomic mass is 16.5. The van der Waals surface area contributed by atoms with Gasteiger partial charge in [0, 0.05) is 32.4 Å². The molecular weight excluding hydrogens is 274 g/mol. The minimum Gasteiger partial charge on any atom is -0.478 e. The molecule has 0 radical (unpaired) electrons. The molecule has 0 fully saturated rings. The zero-order valence-corrected chi connectivity index (χ0v) is 12.0. The standard InChI is InChI=1S/C15H19NO5/c1-20-10-13(21-2)9-16-15(19)12-6-3-11(4-7-12)5-8-14(17)18/h3-8,13H,9-10H2,1-2H3,(H,16,19)(H,17,18)/b8-5+. The largest absolute Gasteiger partial charge is 0.478 e. The first-order valence-electron chi connectivity index (χ1n) is 6.37. The number of aliphatic carboxylic acids is 1. The predicted molar refractivity (Wildman–Crippen MR) is 78.1 cm³/mol. The topological polar surface area (TPSA) is 84.9 Å². The van der Waals surface area contributed by atoms with Gasteiger partial charge in [0.05, 0.1) is 12.7 Å². The number of methoxy groups -OCH3 is 2. The lowest BCUT2D eigenvalue weighted by molar-refractivity contribution is -0.131. The molecule has 1 amide bonds. The van der Waals surface area contributed by atoms with E-state index in [1.165, 1.54) is 6.08 Å². The van der Waals surface area contributed by atoms with Crippen molar-refractivity contribution in [2.45, 2.75) is 6.10 Å². The number of nitrogens with one attached hydrogen (secondary N) is 1. The van der Waals surface area contributed by atoms with E-state index in [1.807, 2.05) is 0 Å². The smallest absolute Gasteiger partial charge is 0.328 e. The van der Waals surface area contributed by atoms with E-state index in [4.69, 9.17) is 14.6 Å².